The van der Waals surface area contributed by atoms with Crippen molar-refractivity contribution in [1.29, 1.82) is 0 Å². The van der Waals surface area contributed by atoms with Crippen LogP contribution in [0.5, 0.6) is 0 Å². The van der Waals surface area contributed by atoms with Gasteiger partial charge in [-0.25, -0.2) is 9.97 Å². The molecule has 94 valence electrons. The monoisotopic (exact) mass is 264 g/mol. The molecule has 0 saturated carbocycles. The molecule has 0 aliphatic rings. The van der Waals surface area contributed by atoms with Crippen LogP contribution in [0.4, 0.5) is 19.0 Å². The number of thiocarbonyl (C=S) groups is 1. The van der Waals surface area contributed by atoms with Crippen LogP contribution in [0, 0.1) is 0 Å². The zero-order valence-electron chi connectivity index (χ0n) is 8.95. The summed E-state index contributed by atoms with van der Waals surface area (Å²) in [5.74, 6) is 0.164. The van der Waals surface area contributed by atoms with Crippen LogP contribution in [-0.4, -0.2) is 27.2 Å². The van der Waals surface area contributed by atoms with Gasteiger partial charge >= 0.3 is 6.18 Å². The van der Waals surface area contributed by atoms with Crippen molar-refractivity contribution in [3.8, 4) is 0 Å². The first-order chi connectivity index (χ1) is 7.79. The van der Waals surface area contributed by atoms with Gasteiger partial charge in [-0.05, 0) is 6.92 Å². The Morgan fingerprint density at radius 2 is 2.06 bits per heavy atom. The van der Waals surface area contributed by atoms with Crippen molar-refractivity contribution in [3.63, 3.8) is 0 Å². The third-order valence-electron chi connectivity index (χ3n) is 1.85. The number of alkyl halides is 3. The number of aromatic nitrogens is 2. The van der Waals surface area contributed by atoms with Gasteiger partial charge in [0.05, 0.1) is 6.42 Å². The molecule has 3 N–H and O–H groups in total. The van der Waals surface area contributed by atoms with Gasteiger partial charge in [0, 0.05) is 18.4 Å². The number of nitrogens with zero attached hydrogens (tertiary/aromatic N) is 2. The van der Waals surface area contributed by atoms with E-state index in [0.29, 0.717) is 0 Å². The summed E-state index contributed by atoms with van der Waals surface area (Å²) in [6.07, 6.45) is -2.49. The average Bonchev–Trinajstić information content (AvgIpc) is 2.14. The lowest BCUT2D eigenvalue weighted by Gasteiger charge is -2.17. The van der Waals surface area contributed by atoms with E-state index >= 15 is 0 Å². The van der Waals surface area contributed by atoms with Crippen LogP contribution in [0.25, 0.3) is 0 Å². The zero-order chi connectivity index (χ0) is 13.1. The normalized spacial score (nSPS) is 13.2. The van der Waals surface area contributed by atoms with Crippen LogP contribution < -0.4 is 11.1 Å². The minimum absolute atomic E-state index is 0.0141. The summed E-state index contributed by atoms with van der Waals surface area (Å²) < 4.78 is 36.4. The highest BCUT2D eigenvalue weighted by atomic mass is 32.1. The Bertz CT molecular complexity index is 407. The van der Waals surface area contributed by atoms with Crippen molar-refractivity contribution in [3.05, 3.63) is 18.1 Å². The minimum atomic E-state index is -4.24. The first-order valence-corrected chi connectivity index (χ1v) is 5.14. The molecule has 1 aromatic rings. The topological polar surface area (TPSA) is 63.8 Å². The highest BCUT2D eigenvalue weighted by Gasteiger charge is 2.30. The Balaban J connectivity index is 2.78. The summed E-state index contributed by atoms with van der Waals surface area (Å²) in [4.78, 5) is 7.70. The van der Waals surface area contributed by atoms with Gasteiger partial charge in [0.1, 0.15) is 10.7 Å². The lowest BCUT2D eigenvalue weighted by molar-refractivity contribution is -0.136. The molecule has 0 spiro atoms. The first kappa shape index (κ1) is 13.6. The molecule has 4 nitrogen and oxygen atoms in total. The maximum Gasteiger partial charge on any atom is 0.391 e. The van der Waals surface area contributed by atoms with Crippen LogP contribution in [0.2, 0.25) is 0 Å². The number of hydrogen-bond donors (Lipinski definition) is 2. The molecule has 0 saturated heterocycles. The number of nitrogens with one attached hydrogen (secondary N) is 1. The Kier molecular flexibility index (Phi) is 4.22. The van der Waals surface area contributed by atoms with E-state index < -0.39 is 18.6 Å². The molecule has 1 atom stereocenters. The van der Waals surface area contributed by atoms with E-state index in [0.717, 1.165) is 0 Å². The molecule has 1 heterocycles. The van der Waals surface area contributed by atoms with Gasteiger partial charge in [-0.3, -0.25) is 0 Å². The lowest BCUT2D eigenvalue weighted by atomic mass is 10.2. The zero-order valence-corrected chi connectivity index (χ0v) is 9.77. The highest BCUT2D eigenvalue weighted by molar-refractivity contribution is 7.80. The van der Waals surface area contributed by atoms with E-state index in [4.69, 9.17) is 18.0 Å². The Labute approximate surface area is 101 Å². The van der Waals surface area contributed by atoms with Gasteiger partial charge in [0.2, 0.25) is 0 Å². The summed E-state index contributed by atoms with van der Waals surface area (Å²) in [6, 6.07) is -0.834. The SMILES string of the molecule is CC(CC(F)(F)F)Nc1nccnc1C(N)=S. The van der Waals surface area contributed by atoms with Crippen LogP contribution in [0.1, 0.15) is 19.0 Å². The molecule has 0 radical (unpaired) electrons. The molecule has 0 bridgehead atoms. The quantitative estimate of drug-likeness (QED) is 0.813. The van der Waals surface area contributed by atoms with Gasteiger partial charge in [-0.2, -0.15) is 13.2 Å². The number of anilines is 1. The van der Waals surface area contributed by atoms with Crippen molar-refractivity contribution in [2.24, 2.45) is 5.73 Å². The van der Waals surface area contributed by atoms with Crippen molar-refractivity contribution in [2.75, 3.05) is 5.32 Å². The Hall–Kier alpha value is -1.44. The van der Waals surface area contributed by atoms with Gasteiger partial charge in [-0.15, -0.1) is 0 Å². The average molecular weight is 264 g/mol. The molecule has 1 aromatic heterocycles. The van der Waals surface area contributed by atoms with Gasteiger partial charge in [-0.1, -0.05) is 12.2 Å². The fourth-order valence-corrected chi connectivity index (χ4v) is 1.40. The third-order valence-corrected chi connectivity index (χ3v) is 2.05. The number of halogens is 3. The molecule has 1 rings (SSSR count). The van der Waals surface area contributed by atoms with E-state index in [1.807, 2.05) is 0 Å². The van der Waals surface area contributed by atoms with E-state index in [2.05, 4.69) is 15.3 Å². The number of hydrogen-bond acceptors (Lipinski definition) is 4. The van der Waals surface area contributed by atoms with E-state index in [1.54, 1.807) is 0 Å². The second-order valence-corrected chi connectivity index (χ2v) is 3.92. The van der Waals surface area contributed by atoms with Crippen LogP contribution in [0.3, 0.4) is 0 Å². The van der Waals surface area contributed by atoms with Gasteiger partial charge in [0.25, 0.3) is 0 Å². The van der Waals surface area contributed by atoms with Crippen LogP contribution in [0.15, 0.2) is 12.4 Å². The standard InChI is InChI=1S/C9H11F3N4S/c1-5(4-9(10,11)12)16-8-6(7(13)17)14-2-3-15-8/h2-3,5H,4H2,1H3,(H2,13,17)(H,15,16). The highest BCUT2D eigenvalue weighted by Crippen LogP contribution is 2.23. The Morgan fingerprint density at radius 1 is 1.47 bits per heavy atom. The van der Waals surface area contributed by atoms with Crippen molar-refractivity contribution in [1.82, 2.24) is 9.97 Å². The minimum Gasteiger partial charge on any atom is -0.388 e. The predicted octanol–water partition coefficient (Wildman–Crippen LogP) is 1.86. The first-order valence-electron chi connectivity index (χ1n) is 4.73. The molecule has 0 fully saturated rings. The maximum absolute atomic E-state index is 12.1. The fraction of sp³-hybridized carbons (Fsp3) is 0.444. The van der Waals surface area contributed by atoms with Gasteiger partial charge in [0.15, 0.2) is 5.82 Å². The summed E-state index contributed by atoms with van der Waals surface area (Å²) in [5, 5.41) is 2.59. The third kappa shape index (κ3) is 4.51. The Morgan fingerprint density at radius 3 is 2.59 bits per heavy atom. The summed E-state index contributed by atoms with van der Waals surface area (Å²) in [6.45, 7) is 1.39. The smallest absolute Gasteiger partial charge is 0.388 e. The molecular formula is C9H11F3N4S. The van der Waals surface area contributed by atoms with E-state index in [9.17, 15) is 13.2 Å². The summed E-state index contributed by atoms with van der Waals surface area (Å²) in [5.41, 5.74) is 5.58. The van der Waals surface area contributed by atoms with Gasteiger partial charge < -0.3 is 11.1 Å². The van der Waals surface area contributed by atoms with Crippen molar-refractivity contribution >= 4 is 23.0 Å². The molecule has 0 aliphatic heterocycles. The lowest BCUT2D eigenvalue weighted by Crippen LogP contribution is -2.26. The maximum atomic E-state index is 12.1. The molecule has 0 amide bonds. The number of rotatable bonds is 4. The van der Waals surface area contributed by atoms with Crippen LogP contribution in [-0.2, 0) is 0 Å². The largest absolute Gasteiger partial charge is 0.391 e. The van der Waals surface area contributed by atoms with Crippen LogP contribution >= 0.6 is 12.2 Å². The second-order valence-electron chi connectivity index (χ2n) is 3.48. The van der Waals surface area contributed by atoms with E-state index in [-0.39, 0.29) is 16.5 Å². The fourth-order valence-electron chi connectivity index (χ4n) is 1.26. The molecule has 0 aliphatic carbocycles. The molecule has 17 heavy (non-hydrogen) atoms. The predicted molar refractivity (Wildman–Crippen MR) is 61.7 cm³/mol. The molecule has 1 unspecified atom stereocenters. The summed E-state index contributed by atoms with van der Waals surface area (Å²) >= 11 is 4.73. The number of nitrogens with two attached hydrogens (primary N) is 1. The second kappa shape index (κ2) is 5.26. The summed E-state index contributed by atoms with van der Waals surface area (Å²) in [7, 11) is 0. The molecule has 8 heteroatoms. The molecular weight excluding hydrogens is 253 g/mol. The van der Waals surface area contributed by atoms with Crippen molar-refractivity contribution < 1.29 is 13.2 Å². The van der Waals surface area contributed by atoms with E-state index in [1.165, 1.54) is 19.3 Å². The van der Waals surface area contributed by atoms with Crippen molar-refractivity contribution in [2.45, 2.75) is 25.6 Å². The molecule has 0 aromatic carbocycles.